The number of carbonyl (C=O) groups excluding carboxylic acids is 1. The van der Waals surface area contributed by atoms with Gasteiger partial charge in [0, 0.05) is 6.54 Å². The van der Waals surface area contributed by atoms with Gasteiger partial charge in [0.2, 0.25) is 15.9 Å². The van der Waals surface area contributed by atoms with Crippen LogP contribution >= 0.6 is 0 Å². The van der Waals surface area contributed by atoms with Crippen LogP contribution in [0.25, 0.3) is 0 Å². The highest BCUT2D eigenvalue weighted by Crippen LogP contribution is 2.34. The highest BCUT2D eigenvalue weighted by Gasteiger charge is 2.34. The lowest BCUT2D eigenvalue weighted by atomic mass is 10.1. The molecule has 0 atom stereocenters. The van der Waals surface area contributed by atoms with Gasteiger partial charge in [-0.15, -0.1) is 0 Å². The number of anilines is 1. The molecule has 33 heavy (non-hydrogen) atoms. The number of hydrogen-bond donors (Lipinski definition) is 1. The molecule has 6 nitrogen and oxygen atoms in total. The van der Waals surface area contributed by atoms with Gasteiger partial charge in [-0.3, -0.25) is 4.79 Å². The van der Waals surface area contributed by atoms with Crippen LogP contribution in [0.15, 0.2) is 83.8 Å². The zero-order valence-corrected chi connectivity index (χ0v) is 18.4. The number of para-hydroxylation sites is 1. The standard InChI is InChI=1S/C23H21F3N2O4S/c1-32-18-11-13-19(14-12-18)33(30,31)28(15-17-7-3-2-4-8-17)16-22(29)27-21-10-6-5-9-20(21)23(24,25)26/h2-14H,15-16H2,1H3,(H,27,29). The van der Waals surface area contributed by atoms with Gasteiger partial charge >= 0.3 is 6.18 Å². The first-order chi connectivity index (χ1) is 15.6. The van der Waals surface area contributed by atoms with Crippen LogP contribution in [0.4, 0.5) is 18.9 Å². The number of rotatable bonds is 8. The Morgan fingerprint density at radius 3 is 2.15 bits per heavy atom. The third-order valence-corrected chi connectivity index (χ3v) is 6.53. The molecule has 0 aliphatic carbocycles. The molecule has 0 radical (unpaired) electrons. The third kappa shape index (κ3) is 6.11. The van der Waals surface area contributed by atoms with Crippen molar-refractivity contribution in [2.45, 2.75) is 17.6 Å². The Hall–Kier alpha value is -3.37. The smallest absolute Gasteiger partial charge is 0.418 e. The van der Waals surface area contributed by atoms with E-state index in [1.165, 1.54) is 43.5 Å². The van der Waals surface area contributed by atoms with Gasteiger partial charge in [-0.1, -0.05) is 42.5 Å². The number of sulfonamides is 1. The normalized spacial score (nSPS) is 11.9. The predicted molar refractivity (Wildman–Crippen MR) is 117 cm³/mol. The molecule has 174 valence electrons. The van der Waals surface area contributed by atoms with Crippen molar-refractivity contribution < 1.29 is 31.1 Å². The maximum atomic E-state index is 13.3. The molecule has 10 heteroatoms. The summed E-state index contributed by atoms with van der Waals surface area (Å²) in [6.07, 6.45) is -4.68. The number of alkyl halides is 3. The van der Waals surface area contributed by atoms with Gasteiger partial charge < -0.3 is 10.1 Å². The minimum atomic E-state index is -4.68. The molecule has 0 bridgehead atoms. The first kappa shape index (κ1) is 24.3. The number of methoxy groups -OCH3 is 1. The van der Waals surface area contributed by atoms with Crippen LogP contribution in [0.5, 0.6) is 5.75 Å². The summed E-state index contributed by atoms with van der Waals surface area (Å²) in [5.41, 5.74) is -0.861. The average Bonchev–Trinajstić information content (AvgIpc) is 2.79. The van der Waals surface area contributed by atoms with E-state index < -0.39 is 39.9 Å². The SMILES string of the molecule is COc1ccc(S(=O)(=O)N(CC(=O)Nc2ccccc2C(F)(F)F)Cc2ccccc2)cc1. The summed E-state index contributed by atoms with van der Waals surface area (Å²) in [7, 11) is -2.72. The molecule has 0 fully saturated rings. The van der Waals surface area contributed by atoms with E-state index in [1.54, 1.807) is 30.3 Å². The topological polar surface area (TPSA) is 75.7 Å². The summed E-state index contributed by atoms with van der Waals surface area (Å²) >= 11 is 0. The molecule has 0 aliphatic rings. The molecule has 0 spiro atoms. The largest absolute Gasteiger partial charge is 0.497 e. The Kier molecular flexibility index (Phi) is 7.39. The van der Waals surface area contributed by atoms with E-state index in [0.29, 0.717) is 11.3 Å². The maximum Gasteiger partial charge on any atom is 0.418 e. The van der Waals surface area contributed by atoms with E-state index >= 15 is 0 Å². The summed E-state index contributed by atoms with van der Waals surface area (Å²) < 4.78 is 72.3. The van der Waals surface area contributed by atoms with Crippen LogP contribution in [-0.4, -0.2) is 32.3 Å². The van der Waals surface area contributed by atoms with Gasteiger partial charge in [-0.25, -0.2) is 8.42 Å². The van der Waals surface area contributed by atoms with Crippen molar-refractivity contribution in [2.75, 3.05) is 19.0 Å². The lowest BCUT2D eigenvalue weighted by Gasteiger charge is -2.22. The molecular weight excluding hydrogens is 457 g/mol. The first-order valence-electron chi connectivity index (χ1n) is 9.75. The minimum Gasteiger partial charge on any atom is -0.497 e. The maximum absolute atomic E-state index is 13.3. The second kappa shape index (κ2) is 10.1. The lowest BCUT2D eigenvalue weighted by molar-refractivity contribution is -0.137. The van der Waals surface area contributed by atoms with Crippen LogP contribution in [0.3, 0.4) is 0 Å². The molecular formula is C23H21F3N2O4S. The Labute approximate surface area is 189 Å². The molecule has 0 aliphatic heterocycles. The van der Waals surface area contributed by atoms with Gasteiger partial charge in [-0.05, 0) is 42.0 Å². The molecule has 3 aromatic rings. The number of halogens is 3. The average molecular weight is 478 g/mol. The van der Waals surface area contributed by atoms with Crippen molar-refractivity contribution in [3.63, 3.8) is 0 Å². The van der Waals surface area contributed by atoms with Crippen molar-refractivity contribution in [2.24, 2.45) is 0 Å². The molecule has 0 heterocycles. The molecule has 0 aromatic heterocycles. The number of nitrogens with zero attached hydrogens (tertiary/aromatic N) is 1. The van der Waals surface area contributed by atoms with Crippen molar-refractivity contribution >= 4 is 21.6 Å². The summed E-state index contributed by atoms with van der Waals surface area (Å²) in [6.45, 7) is -0.834. The molecule has 1 amide bonds. The fraction of sp³-hybridized carbons (Fsp3) is 0.174. The first-order valence-corrected chi connectivity index (χ1v) is 11.2. The zero-order valence-electron chi connectivity index (χ0n) is 17.5. The summed E-state index contributed by atoms with van der Waals surface area (Å²) in [5.74, 6) is -0.454. The highest BCUT2D eigenvalue weighted by atomic mass is 32.2. The lowest BCUT2D eigenvalue weighted by Crippen LogP contribution is -2.37. The van der Waals surface area contributed by atoms with Crippen molar-refractivity contribution in [3.05, 3.63) is 90.0 Å². The van der Waals surface area contributed by atoms with Crippen LogP contribution in [-0.2, 0) is 27.5 Å². The predicted octanol–water partition coefficient (Wildman–Crippen LogP) is 4.54. The van der Waals surface area contributed by atoms with E-state index in [0.717, 1.165) is 16.4 Å². The minimum absolute atomic E-state index is 0.0808. The quantitative estimate of drug-likeness (QED) is 0.516. The number of benzene rings is 3. The zero-order chi connectivity index (χ0) is 24.1. The Morgan fingerprint density at radius 1 is 0.939 bits per heavy atom. The second-order valence-electron chi connectivity index (χ2n) is 7.03. The molecule has 0 unspecified atom stereocenters. The van der Waals surface area contributed by atoms with Crippen molar-refractivity contribution in [3.8, 4) is 5.75 Å². The number of hydrogen-bond acceptors (Lipinski definition) is 4. The van der Waals surface area contributed by atoms with Crippen LogP contribution in [0.1, 0.15) is 11.1 Å². The van der Waals surface area contributed by atoms with Gasteiger partial charge in [0.25, 0.3) is 0 Å². The second-order valence-corrected chi connectivity index (χ2v) is 8.96. The highest BCUT2D eigenvalue weighted by molar-refractivity contribution is 7.89. The van der Waals surface area contributed by atoms with E-state index in [2.05, 4.69) is 5.32 Å². The molecule has 0 saturated carbocycles. The van der Waals surface area contributed by atoms with E-state index in [9.17, 15) is 26.4 Å². The van der Waals surface area contributed by atoms with E-state index in [1.807, 2.05) is 0 Å². The van der Waals surface area contributed by atoms with Gasteiger partial charge in [0.1, 0.15) is 5.75 Å². The third-order valence-electron chi connectivity index (χ3n) is 4.73. The molecule has 3 rings (SSSR count). The Bertz CT molecular complexity index is 1200. The monoisotopic (exact) mass is 478 g/mol. The van der Waals surface area contributed by atoms with Crippen molar-refractivity contribution in [1.82, 2.24) is 4.31 Å². The van der Waals surface area contributed by atoms with Gasteiger partial charge in [-0.2, -0.15) is 17.5 Å². The van der Waals surface area contributed by atoms with Crippen molar-refractivity contribution in [1.29, 1.82) is 0 Å². The summed E-state index contributed by atoms with van der Waals surface area (Å²) in [6, 6.07) is 18.7. The van der Waals surface area contributed by atoms with E-state index in [-0.39, 0.29) is 11.4 Å². The van der Waals surface area contributed by atoms with E-state index in [4.69, 9.17) is 4.74 Å². The number of carbonyl (C=O) groups is 1. The molecule has 1 N–H and O–H groups in total. The Morgan fingerprint density at radius 2 is 1.55 bits per heavy atom. The van der Waals surface area contributed by atoms with Crippen LogP contribution in [0.2, 0.25) is 0 Å². The number of nitrogens with one attached hydrogen (secondary N) is 1. The number of amides is 1. The summed E-state index contributed by atoms with van der Waals surface area (Å²) in [4.78, 5) is 12.6. The molecule has 3 aromatic carbocycles. The van der Waals surface area contributed by atoms with Gasteiger partial charge in [0.05, 0.1) is 29.8 Å². The van der Waals surface area contributed by atoms with Crippen LogP contribution in [0, 0.1) is 0 Å². The Balaban J connectivity index is 1.89. The molecule has 0 saturated heterocycles. The summed E-state index contributed by atoms with van der Waals surface area (Å²) in [5, 5.41) is 2.19. The fourth-order valence-electron chi connectivity index (χ4n) is 3.10. The fourth-order valence-corrected chi connectivity index (χ4v) is 4.48. The van der Waals surface area contributed by atoms with Crippen LogP contribution < -0.4 is 10.1 Å². The number of ether oxygens (including phenoxy) is 1. The van der Waals surface area contributed by atoms with Gasteiger partial charge in [0.15, 0.2) is 0 Å².